The van der Waals surface area contributed by atoms with Gasteiger partial charge in [0.05, 0.1) is 12.8 Å². The monoisotopic (exact) mass is 295 g/mol. The Bertz CT molecular complexity index is 648. The number of nitrogens with one attached hydrogen (secondary N) is 1. The van der Waals surface area contributed by atoms with Crippen molar-refractivity contribution in [1.82, 2.24) is 14.8 Å². The van der Waals surface area contributed by atoms with Gasteiger partial charge in [-0.25, -0.2) is 14.5 Å². The highest BCUT2D eigenvalue weighted by molar-refractivity contribution is 7.12. The molecule has 0 aliphatic carbocycles. The third-order valence-corrected chi connectivity index (χ3v) is 3.55. The Balaban J connectivity index is 2.11. The number of rotatable bonds is 4. The highest BCUT2D eigenvalue weighted by Gasteiger charge is 2.18. The first kappa shape index (κ1) is 14.0. The maximum Gasteiger partial charge on any atom is 0.350 e. The molecule has 0 radical (unpaired) electrons. The zero-order chi connectivity index (χ0) is 14.7. The third-order valence-electron chi connectivity index (χ3n) is 2.47. The van der Waals surface area contributed by atoms with Crippen molar-refractivity contribution in [1.29, 1.82) is 0 Å². The Morgan fingerprint density at radius 1 is 1.55 bits per heavy atom. The van der Waals surface area contributed by atoms with Crippen LogP contribution in [0.1, 0.15) is 15.2 Å². The van der Waals surface area contributed by atoms with E-state index in [0.717, 1.165) is 5.56 Å². The van der Waals surface area contributed by atoms with Crippen molar-refractivity contribution in [3.05, 3.63) is 22.1 Å². The number of amides is 1. The Kier molecular flexibility index (Phi) is 3.99. The van der Waals surface area contributed by atoms with Crippen LogP contribution >= 0.6 is 11.3 Å². The molecule has 0 spiro atoms. The Labute approximate surface area is 118 Å². The van der Waals surface area contributed by atoms with Crippen LogP contribution in [0.25, 0.3) is 0 Å². The predicted octanol–water partition coefficient (Wildman–Crippen LogP) is 0.656. The smallest absolute Gasteiger partial charge is 0.350 e. The van der Waals surface area contributed by atoms with Crippen LogP contribution in [0.4, 0.5) is 11.6 Å². The molecular weight excluding hydrogens is 282 g/mol. The van der Waals surface area contributed by atoms with Gasteiger partial charge < -0.3 is 15.8 Å². The summed E-state index contributed by atoms with van der Waals surface area (Å²) in [4.78, 5) is 27.6. The summed E-state index contributed by atoms with van der Waals surface area (Å²) in [5.41, 5.74) is 6.61. The summed E-state index contributed by atoms with van der Waals surface area (Å²) in [6, 6.07) is 0. The number of ether oxygens (including phenoxy) is 1. The van der Waals surface area contributed by atoms with Crippen molar-refractivity contribution < 1.29 is 14.3 Å². The number of nitrogens with zero attached hydrogens (tertiary/aromatic N) is 3. The molecule has 8 nitrogen and oxygen atoms in total. The molecule has 0 atom stereocenters. The summed E-state index contributed by atoms with van der Waals surface area (Å²) < 4.78 is 5.98. The van der Waals surface area contributed by atoms with Crippen molar-refractivity contribution in [3.8, 4) is 0 Å². The molecule has 0 bridgehead atoms. The van der Waals surface area contributed by atoms with Crippen molar-refractivity contribution in [3.63, 3.8) is 0 Å². The number of hydrogen-bond donors (Lipinski definition) is 2. The molecule has 0 saturated heterocycles. The molecule has 3 N–H and O–H groups in total. The third kappa shape index (κ3) is 2.94. The SMILES string of the molecule is COC(=O)c1scc(C)c1NC(=O)Cn1cnc(N)n1. The molecule has 2 aromatic rings. The number of esters is 1. The number of carbonyl (C=O) groups excluding carboxylic acids is 2. The van der Waals surface area contributed by atoms with E-state index in [0.29, 0.717) is 10.6 Å². The van der Waals surface area contributed by atoms with Crippen LogP contribution in [0.2, 0.25) is 0 Å². The van der Waals surface area contributed by atoms with E-state index in [9.17, 15) is 9.59 Å². The summed E-state index contributed by atoms with van der Waals surface area (Å²) in [6.07, 6.45) is 1.36. The lowest BCUT2D eigenvalue weighted by molar-refractivity contribution is -0.116. The molecule has 0 aromatic carbocycles. The minimum atomic E-state index is -0.483. The summed E-state index contributed by atoms with van der Waals surface area (Å²) in [7, 11) is 1.29. The number of anilines is 2. The number of nitrogens with two attached hydrogens (primary N) is 1. The molecule has 0 aliphatic heterocycles. The quantitative estimate of drug-likeness (QED) is 0.801. The number of methoxy groups -OCH3 is 1. The highest BCUT2D eigenvalue weighted by atomic mass is 32.1. The fourth-order valence-corrected chi connectivity index (χ4v) is 2.48. The second kappa shape index (κ2) is 5.70. The van der Waals surface area contributed by atoms with Gasteiger partial charge in [0.1, 0.15) is 17.7 Å². The van der Waals surface area contributed by atoms with Crippen LogP contribution in [0, 0.1) is 6.92 Å². The van der Waals surface area contributed by atoms with Gasteiger partial charge in [0, 0.05) is 0 Å². The largest absolute Gasteiger partial charge is 0.465 e. The summed E-state index contributed by atoms with van der Waals surface area (Å²) in [5, 5.41) is 8.26. The van der Waals surface area contributed by atoms with Crippen LogP contribution in [0.15, 0.2) is 11.7 Å². The van der Waals surface area contributed by atoms with E-state index >= 15 is 0 Å². The van der Waals surface area contributed by atoms with Gasteiger partial charge in [-0.05, 0) is 17.9 Å². The molecule has 2 heterocycles. The van der Waals surface area contributed by atoms with Crippen molar-refractivity contribution >= 4 is 34.8 Å². The lowest BCUT2D eigenvalue weighted by Gasteiger charge is -2.07. The average molecular weight is 295 g/mol. The van der Waals surface area contributed by atoms with E-state index in [2.05, 4.69) is 20.1 Å². The van der Waals surface area contributed by atoms with Crippen LogP contribution in [-0.2, 0) is 16.1 Å². The second-order valence-corrected chi connectivity index (χ2v) is 4.84. The van der Waals surface area contributed by atoms with Gasteiger partial charge in [-0.2, -0.15) is 0 Å². The van der Waals surface area contributed by atoms with E-state index in [1.165, 1.54) is 29.5 Å². The van der Waals surface area contributed by atoms with Gasteiger partial charge in [-0.3, -0.25) is 4.79 Å². The molecule has 9 heteroatoms. The average Bonchev–Trinajstić information content (AvgIpc) is 2.96. The Hall–Kier alpha value is -2.42. The van der Waals surface area contributed by atoms with Crippen molar-refractivity contribution in [2.24, 2.45) is 0 Å². The highest BCUT2D eigenvalue weighted by Crippen LogP contribution is 2.28. The van der Waals surface area contributed by atoms with Gasteiger partial charge in [0.15, 0.2) is 0 Å². The maximum absolute atomic E-state index is 11.9. The fourth-order valence-electron chi connectivity index (χ4n) is 1.55. The Morgan fingerprint density at radius 2 is 2.30 bits per heavy atom. The van der Waals surface area contributed by atoms with E-state index in [4.69, 9.17) is 5.73 Å². The van der Waals surface area contributed by atoms with Gasteiger partial charge >= 0.3 is 5.97 Å². The number of aryl methyl sites for hydroxylation is 1. The number of nitrogen functional groups attached to an aromatic ring is 1. The fraction of sp³-hybridized carbons (Fsp3) is 0.273. The van der Waals surface area contributed by atoms with E-state index in [1.54, 1.807) is 12.3 Å². The first-order valence-corrected chi connectivity index (χ1v) is 6.50. The summed E-state index contributed by atoms with van der Waals surface area (Å²) in [6.45, 7) is 1.76. The van der Waals surface area contributed by atoms with Gasteiger partial charge in [0.2, 0.25) is 11.9 Å². The molecule has 0 aliphatic rings. The van der Waals surface area contributed by atoms with Gasteiger partial charge in [-0.15, -0.1) is 16.4 Å². The number of hydrogen-bond acceptors (Lipinski definition) is 7. The van der Waals surface area contributed by atoms with Crippen LogP contribution in [0.5, 0.6) is 0 Å². The van der Waals surface area contributed by atoms with Gasteiger partial charge in [0.25, 0.3) is 0 Å². The molecule has 0 unspecified atom stereocenters. The van der Waals surface area contributed by atoms with Crippen molar-refractivity contribution in [2.75, 3.05) is 18.2 Å². The van der Waals surface area contributed by atoms with Crippen molar-refractivity contribution in [2.45, 2.75) is 13.5 Å². The number of carbonyl (C=O) groups is 2. The zero-order valence-electron chi connectivity index (χ0n) is 10.9. The maximum atomic E-state index is 11.9. The lowest BCUT2D eigenvalue weighted by atomic mass is 10.2. The summed E-state index contributed by atoms with van der Waals surface area (Å²) in [5.74, 6) is -0.718. The molecule has 0 fully saturated rings. The normalized spacial score (nSPS) is 10.3. The van der Waals surface area contributed by atoms with Crippen LogP contribution < -0.4 is 11.1 Å². The molecule has 106 valence electrons. The molecule has 2 rings (SSSR count). The Morgan fingerprint density at radius 3 is 2.90 bits per heavy atom. The molecule has 2 aromatic heterocycles. The van der Waals surface area contributed by atoms with Crippen LogP contribution in [0.3, 0.4) is 0 Å². The molecule has 0 saturated carbocycles. The first-order chi connectivity index (χ1) is 9.51. The van der Waals surface area contributed by atoms with Gasteiger partial charge in [-0.1, -0.05) is 0 Å². The zero-order valence-corrected chi connectivity index (χ0v) is 11.7. The molecule has 1 amide bonds. The topological polar surface area (TPSA) is 112 Å². The lowest BCUT2D eigenvalue weighted by Crippen LogP contribution is -2.20. The number of aromatic nitrogens is 3. The van der Waals surface area contributed by atoms with E-state index in [-0.39, 0.29) is 18.4 Å². The molecular formula is C11H13N5O3S. The first-order valence-electron chi connectivity index (χ1n) is 5.62. The minimum absolute atomic E-state index is 0.0416. The minimum Gasteiger partial charge on any atom is -0.465 e. The predicted molar refractivity (Wildman–Crippen MR) is 73.5 cm³/mol. The molecule has 20 heavy (non-hydrogen) atoms. The standard InChI is InChI=1S/C11H13N5O3S/c1-6-4-20-9(10(18)19-2)8(6)14-7(17)3-16-5-13-11(12)15-16/h4-5H,3H2,1-2H3,(H2,12,15)(H,14,17). The second-order valence-electron chi connectivity index (χ2n) is 3.96. The van der Waals surface area contributed by atoms with Crippen LogP contribution in [-0.4, -0.2) is 33.8 Å². The summed E-state index contributed by atoms with van der Waals surface area (Å²) >= 11 is 1.22. The number of thiophene rings is 1. The van der Waals surface area contributed by atoms with E-state index < -0.39 is 5.97 Å². The van der Waals surface area contributed by atoms with E-state index in [1.807, 2.05) is 0 Å².